The van der Waals surface area contributed by atoms with Crippen LogP contribution < -0.4 is 9.64 Å². The summed E-state index contributed by atoms with van der Waals surface area (Å²) in [6, 6.07) is 6.12. The lowest BCUT2D eigenvalue weighted by Gasteiger charge is -2.46. The second kappa shape index (κ2) is 16.0. The number of rotatable bonds is 7. The molecular weight excluding hydrogens is 885 g/mol. The van der Waals surface area contributed by atoms with Crippen LogP contribution in [0.1, 0.15) is 71.1 Å². The molecule has 2 aromatic carbocycles. The standard InChI is InChI=1S/C44H43F11N6O4/c1-6-24-19-60-25(20-61(24)38(62)65-39(3,4)5)13-15-30-32-35(33(46)34(56-30)28-11-8-10-23-12-14-29(45)27(7-2)31(23)28)57-37(58-36(32)60)63-22-40-16-9-17-59(40)21-26(18-40)64-41(42(47,48)49,43(50,51)52)44(53,54)55/h2,8,10-12,14,24-26H,6,9,13,15-22H2,1,3-5H3/t24-,25-,26?,40?/m1/s1. The van der Waals surface area contributed by atoms with Crippen LogP contribution in [-0.2, 0) is 15.9 Å². The summed E-state index contributed by atoms with van der Waals surface area (Å²) in [6.07, 6.45) is -16.9. The minimum Gasteiger partial charge on any atom is -0.461 e. The number of hydrogen-bond donors (Lipinski definition) is 0. The molecule has 3 saturated heterocycles. The maximum Gasteiger partial charge on any atom is 0.435 e. The van der Waals surface area contributed by atoms with E-state index in [-0.39, 0.29) is 71.4 Å². The summed E-state index contributed by atoms with van der Waals surface area (Å²) in [6.45, 7) is 6.26. The Hall–Kier alpha value is -5.23. The molecule has 0 spiro atoms. The van der Waals surface area contributed by atoms with Gasteiger partial charge in [0.1, 0.15) is 35.1 Å². The molecule has 4 aliphatic rings. The number of anilines is 1. The highest BCUT2D eigenvalue weighted by Gasteiger charge is 2.86. The van der Waals surface area contributed by atoms with Crippen molar-refractivity contribution in [3.05, 3.63) is 53.2 Å². The number of fused-ring (bicyclic) bond motifs is 4. The number of halogens is 11. The molecule has 0 aliphatic carbocycles. The van der Waals surface area contributed by atoms with Gasteiger partial charge >= 0.3 is 36.2 Å². The van der Waals surface area contributed by atoms with Gasteiger partial charge < -0.3 is 24.0 Å². The van der Waals surface area contributed by atoms with E-state index < -0.39 is 96.8 Å². The Labute approximate surface area is 365 Å². The first-order valence-electron chi connectivity index (χ1n) is 20.9. The van der Waals surface area contributed by atoms with Crippen LogP contribution in [0.5, 0.6) is 6.01 Å². The fourth-order valence-corrected chi connectivity index (χ4v) is 9.86. The van der Waals surface area contributed by atoms with Gasteiger partial charge in [-0.25, -0.2) is 18.6 Å². The van der Waals surface area contributed by atoms with Crippen LogP contribution >= 0.6 is 0 Å². The molecule has 6 heterocycles. The van der Waals surface area contributed by atoms with E-state index in [0.717, 1.165) is 0 Å². The molecule has 4 aromatic rings. The van der Waals surface area contributed by atoms with Gasteiger partial charge in [0, 0.05) is 36.6 Å². The number of amides is 1. The van der Waals surface area contributed by atoms with Gasteiger partial charge in [-0.2, -0.15) is 49.5 Å². The molecule has 8 rings (SSSR count). The van der Waals surface area contributed by atoms with E-state index in [0.29, 0.717) is 30.3 Å². The highest BCUT2D eigenvalue weighted by atomic mass is 19.4. The highest BCUT2D eigenvalue weighted by molar-refractivity contribution is 6.03. The topological polar surface area (TPSA) is 93.2 Å². The SMILES string of the molecule is C#Cc1c(F)ccc2cccc(-c3nc4c5c(nc(OCC67CCCN6CC(OC(C(F)(F)F)(C(F)(F)F)C(F)(F)F)C7)nc5c3F)N3C[C@@H](CC)N(C(=O)OC(C)(C)C)C[C@H]3CC4)c12. The van der Waals surface area contributed by atoms with Crippen LogP contribution in [0.4, 0.5) is 58.9 Å². The number of hydrogen-bond acceptors (Lipinski definition) is 9. The summed E-state index contributed by atoms with van der Waals surface area (Å²) in [5, 5.41) is 0.883. The third-order valence-electron chi connectivity index (χ3n) is 12.8. The number of aryl methyl sites for hydroxylation is 1. The number of terminal acetylenes is 1. The Morgan fingerprint density at radius 1 is 0.923 bits per heavy atom. The lowest BCUT2D eigenvalue weighted by molar-refractivity contribution is -0.463. The van der Waals surface area contributed by atoms with Crippen molar-refractivity contribution in [3.8, 4) is 29.6 Å². The molecule has 2 unspecified atom stereocenters. The first kappa shape index (κ1) is 46.3. The van der Waals surface area contributed by atoms with Crippen molar-refractivity contribution in [2.24, 2.45) is 0 Å². The lowest BCUT2D eigenvalue weighted by Crippen LogP contribution is -2.68. The first-order valence-corrected chi connectivity index (χ1v) is 20.9. The summed E-state index contributed by atoms with van der Waals surface area (Å²) in [4.78, 5) is 32.5. The molecule has 0 bridgehead atoms. The van der Waals surface area contributed by atoms with Crippen LogP contribution in [0.2, 0.25) is 0 Å². The second-order valence-electron chi connectivity index (χ2n) is 18.0. The predicted molar refractivity (Wildman–Crippen MR) is 214 cm³/mol. The molecule has 0 saturated carbocycles. The smallest absolute Gasteiger partial charge is 0.435 e. The van der Waals surface area contributed by atoms with E-state index in [1.807, 2.05) is 11.8 Å². The summed E-state index contributed by atoms with van der Waals surface area (Å²) in [7, 11) is 0. The number of piperazine rings is 1. The van der Waals surface area contributed by atoms with Gasteiger partial charge in [0.2, 0.25) is 0 Å². The van der Waals surface area contributed by atoms with E-state index in [1.165, 1.54) is 23.1 Å². The second-order valence-corrected chi connectivity index (χ2v) is 18.0. The molecular formula is C44H43F11N6O4. The number of pyridine rings is 1. The summed E-state index contributed by atoms with van der Waals surface area (Å²) in [5.74, 6) is 0.793. The molecule has 1 amide bonds. The maximum absolute atomic E-state index is 17.5. The van der Waals surface area contributed by atoms with Crippen LogP contribution in [0, 0.1) is 24.0 Å². The fourth-order valence-electron chi connectivity index (χ4n) is 9.86. The third-order valence-corrected chi connectivity index (χ3v) is 12.8. The first-order chi connectivity index (χ1) is 30.3. The Morgan fingerprint density at radius 2 is 1.63 bits per heavy atom. The van der Waals surface area contributed by atoms with Gasteiger partial charge in [-0.05, 0) is 77.3 Å². The van der Waals surface area contributed by atoms with Gasteiger partial charge in [0.05, 0.1) is 34.3 Å². The number of carbonyl (C=O) groups excluding carboxylic acids is 1. The average Bonchev–Trinajstić information content (AvgIpc) is 3.71. The summed E-state index contributed by atoms with van der Waals surface area (Å²) in [5.41, 5.74) is -8.87. The van der Waals surface area contributed by atoms with Gasteiger partial charge in [0.25, 0.3) is 0 Å². The predicted octanol–water partition coefficient (Wildman–Crippen LogP) is 9.68. The van der Waals surface area contributed by atoms with Crippen LogP contribution in [0.3, 0.4) is 0 Å². The Kier molecular flexibility index (Phi) is 11.4. The van der Waals surface area contributed by atoms with Gasteiger partial charge in [0.15, 0.2) is 5.82 Å². The quantitative estimate of drug-likeness (QED) is 0.133. The number of carbonyl (C=O) groups is 1. The number of nitrogens with zero attached hydrogens (tertiary/aromatic N) is 6. The fraction of sp³-hybridized carbons (Fsp3) is 0.545. The van der Waals surface area contributed by atoms with E-state index in [1.54, 1.807) is 37.8 Å². The average molecular weight is 929 g/mol. The van der Waals surface area contributed by atoms with Crippen molar-refractivity contribution < 1.29 is 67.3 Å². The summed E-state index contributed by atoms with van der Waals surface area (Å²) < 4.78 is 174. The molecule has 350 valence electrons. The third kappa shape index (κ3) is 7.81. The zero-order chi connectivity index (χ0) is 47.2. The Bertz CT molecular complexity index is 2540. The molecule has 10 nitrogen and oxygen atoms in total. The molecule has 3 fully saturated rings. The van der Waals surface area contributed by atoms with E-state index in [4.69, 9.17) is 25.9 Å². The van der Waals surface area contributed by atoms with E-state index >= 15 is 8.78 Å². The lowest BCUT2D eigenvalue weighted by atomic mass is 9.93. The van der Waals surface area contributed by atoms with E-state index in [9.17, 15) is 44.3 Å². The Balaban J connectivity index is 1.22. The number of alkyl halides is 9. The molecule has 4 atom stereocenters. The van der Waals surface area contributed by atoms with E-state index in [2.05, 4.69) is 15.6 Å². The van der Waals surface area contributed by atoms with Crippen molar-refractivity contribution in [1.29, 1.82) is 0 Å². The Morgan fingerprint density at radius 3 is 2.28 bits per heavy atom. The minimum atomic E-state index is -6.91. The number of aromatic nitrogens is 3. The maximum atomic E-state index is 17.5. The van der Waals surface area contributed by atoms with Crippen LogP contribution in [0.25, 0.3) is 32.9 Å². The van der Waals surface area contributed by atoms with Crippen LogP contribution in [0.15, 0.2) is 30.3 Å². The highest BCUT2D eigenvalue weighted by Crippen LogP contribution is 2.57. The monoisotopic (exact) mass is 928 g/mol. The molecule has 0 radical (unpaired) electrons. The van der Waals surface area contributed by atoms with Crippen molar-refractivity contribution in [3.63, 3.8) is 0 Å². The zero-order valence-corrected chi connectivity index (χ0v) is 35.4. The van der Waals surface area contributed by atoms with Crippen molar-refractivity contribution >= 4 is 33.6 Å². The minimum absolute atomic E-state index is 0.0823. The number of ether oxygens (including phenoxy) is 3. The molecule has 65 heavy (non-hydrogen) atoms. The van der Waals surface area contributed by atoms with Crippen molar-refractivity contribution in [2.75, 3.05) is 37.7 Å². The molecule has 0 N–H and O–H groups in total. The largest absolute Gasteiger partial charge is 0.461 e. The van der Waals surface area contributed by atoms with Crippen molar-refractivity contribution in [1.82, 2.24) is 24.8 Å². The van der Waals surface area contributed by atoms with Gasteiger partial charge in [-0.3, -0.25) is 4.90 Å². The normalized spacial score (nSPS) is 23.1. The number of benzene rings is 2. The molecule has 2 aromatic heterocycles. The zero-order valence-electron chi connectivity index (χ0n) is 35.4. The van der Waals surface area contributed by atoms with Crippen LogP contribution in [-0.4, -0.2) is 117 Å². The molecule has 4 aliphatic heterocycles. The van der Waals surface area contributed by atoms with Crippen molar-refractivity contribution in [2.45, 2.75) is 120 Å². The molecule has 21 heteroatoms. The van der Waals surface area contributed by atoms with Gasteiger partial charge in [-0.1, -0.05) is 37.1 Å². The van der Waals surface area contributed by atoms with Gasteiger partial charge in [-0.15, -0.1) is 6.42 Å². The summed E-state index contributed by atoms with van der Waals surface area (Å²) >= 11 is 0.